The highest BCUT2D eigenvalue weighted by molar-refractivity contribution is 6.31. The van der Waals surface area contributed by atoms with E-state index in [1.54, 1.807) is 12.1 Å². The maximum Gasteiger partial charge on any atom is 0.257 e. The summed E-state index contributed by atoms with van der Waals surface area (Å²) >= 11 is 0. The van der Waals surface area contributed by atoms with Gasteiger partial charge in [0.05, 0.1) is 17.9 Å². The van der Waals surface area contributed by atoms with Crippen molar-refractivity contribution in [2.24, 2.45) is 0 Å². The third kappa shape index (κ3) is 3.09. The number of fused-ring (bicyclic) bond motifs is 1. The summed E-state index contributed by atoms with van der Waals surface area (Å²) in [5.41, 5.74) is 3.74. The zero-order valence-corrected chi connectivity index (χ0v) is 13.2. The van der Waals surface area contributed by atoms with Crippen LogP contribution < -0.4 is 16.0 Å². The van der Waals surface area contributed by atoms with Crippen molar-refractivity contribution in [3.63, 3.8) is 0 Å². The molecule has 3 rings (SSSR count). The second-order valence-electron chi connectivity index (χ2n) is 5.50. The number of aliphatic hydroxyl groups is 1. The second kappa shape index (κ2) is 6.72. The Morgan fingerprint density at radius 3 is 2.88 bits per heavy atom. The number of amides is 1. The van der Waals surface area contributed by atoms with Gasteiger partial charge in [0.25, 0.3) is 5.91 Å². The van der Waals surface area contributed by atoms with E-state index in [0.29, 0.717) is 12.2 Å². The second-order valence-corrected chi connectivity index (χ2v) is 5.50. The zero-order chi connectivity index (χ0) is 17.1. The molecule has 6 heteroatoms. The van der Waals surface area contributed by atoms with E-state index in [-0.39, 0.29) is 23.7 Å². The molecule has 0 atom stereocenters. The number of carbonyl (C=O) groups is 1. The summed E-state index contributed by atoms with van der Waals surface area (Å²) in [5, 5.41) is 17.7. The Kier molecular flexibility index (Phi) is 4.48. The normalized spacial score (nSPS) is 14.5. The Hall–Kier alpha value is -2.86. The highest BCUT2D eigenvalue weighted by atomic mass is 19.1. The molecule has 1 aliphatic rings. The van der Waals surface area contributed by atoms with Gasteiger partial charge in [-0.05, 0) is 42.8 Å². The van der Waals surface area contributed by atoms with Crippen molar-refractivity contribution in [3.8, 4) is 0 Å². The summed E-state index contributed by atoms with van der Waals surface area (Å²) < 4.78 is 14.0. The van der Waals surface area contributed by atoms with E-state index in [9.17, 15) is 9.18 Å². The minimum absolute atomic E-state index is 0.0611. The van der Waals surface area contributed by atoms with E-state index in [2.05, 4.69) is 16.0 Å². The van der Waals surface area contributed by atoms with Crippen LogP contribution in [0.25, 0.3) is 5.57 Å². The summed E-state index contributed by atoms with van der Waals surface area (Å²) in [6, 6.07) is 10.2. The third-order valence-corrected chi connectivity index (χ3v) is 3.81. The molecule has 2 aromatic carbocycles. The molecule has 24 heavy (non-hydrogen) atoms. The zero-order valence-electron chi connectivity index (χ0n) is 13.2. The number of rotatable bonds is 5. The van der Waals surface area contributed by atoms with E-state index in [1.165, 1.54) is 12.3 Å². The van der Waals surface area contributed by atoms with Gasteiger partial charge < -0.3 is 21.1 Å². The molecule has 0 spiro atoms. The molecular formula is C18H18FN3O2. The minimum atomic E-state index is -0.432. The smallest absolute Gasteiger partial charge is 0.257 e. The van der Waals surface area contributed by atoms with Crippen LogP contribution in [0.1, 0.15) is 11.1 Å². The molecule has 124 valence electrons. The van der Waals surface area contributed by atoms with Gasteiger partial charge in [0.2, 0.25) is 0 Å². The largest absolute Gasteiger partial charge is 0.395 e. The highest BCUT2D eigenvalue weighted by Crippen LogP contribution is 2.33. The van der Waals surface area contributed by atoms with Crippen molar-refractivity contribution in [3.05, 3.63) is 59.5 Å². The van der Waals surface area contributed by atoms with Crippen molar-refractivity contribution in [1.82, 2.24) is 0 Å². The summed E-state index contributed by atoms with van der Waals surface area (Å²) in [6.07, 6.45) is 1.51. The number of benzene rings is 2. The van der Waals surface area contributed by atoms with Gasteiger partial charge in [0, 0.05) is 29.7 Å². The number of nitrogens with one attached hydrogen (secondary N) is 3. The summed E-state index contributed by atoms with van der Waals surface area (Å²) in [4.78, 5) is 12.0. The molecule has 1 amide bonds. The number of carbonyl (C=O) groups excluding carboxylic acids is 1. The van der Waals surface area contributed by atoms with Gasteiger partial charge in [-0.2, -0.15) is 0 Å². The molecule has 0 aromatic heterocycles. The topological polar surface area (TPSA) is 73.4 Å². The van der Waals surface area contributed by atoms with Gasteiger partial charge >= 0.3 is 0 Å². The molecule has 0 bridgehead atoms. The molecular weight excluding hydrogens is 309 g/mol. The lowest BCUT2D eigenvalue weighted by Crippen LogP contribution is -2.07. The average molecular weight is 327 g/mol. The number of aliphatic hydroxyl groups excluding tert-OH is 1. The fourth-order valence-electron chi connectivity index (χ4n) is 2.64. The maximum atomic E-state index is 14.0. The highest BCUT2D eigenvalue weighted by Gasteiger charge is 2.27. The van der Waals surface area contributed by atoms with Crippen molar-refractivity contribution in [2.75, 3.05) is 29.1 Å². The minimum Gasteiger partial charge on any atom is -0.395 e. The maximum absolute atomic E-state index is 14.0. The molecule has 0 aliphatic carbocycles. The predicted octanol–water partition coefficient (Wildman–Crippen LogP) is 2.94. The SMILES string of the molecule is Cc1cc(N/C=C2/C(=O)Nc3cccc(F)c32)ccc1NCCO. The van der Waals surface area contributed by atoms with Crippen molar-refractivity contribution in [2.45, 2.75) is 6.92 Å². The Morgan fingerprint density at radius 2 is 2.12 bits per heavy atom. The van der Waals surface area contributed by atoms with Gasteiger partial charge in [0.1, 0.15) is 5.82 Å². The number of anilines is 3. The Bertz CT molecular complexity index is 818. The Labute approximate surface area is 139 Å². The molecule has 0 unspecified atom stereocenters. The van der Waals surface area contributed by atoms with Crippen LogP contribution in [0.4, 0.5) is 21.5 Å². The molecule has 1 aliphatic heterocycles. The van der Waals surface area contributed by atoms with Crippen molar-refractivity contribution in [1.29, 1.82) is 0 Å². The first kappa shape index (κ1) is 16.0. The molecule has 4 N–H and O–H groups in total. The summed E-state index contributed by atoms with van der Waals surface area (Å²) in [6.45, 7) is 2.48. The van der Waals surface area contributed by atoms with Crippen LogP contribution in [0.3, 0.4) is 0 Å². The van der Waals surface area contributed by atoms with Crippen LogP contribution >= 0.6 is 0 Å². The lowest BCUT2D eigenvalue weighted by molar-refractivity contribution is -0.110. The molecule has 5 nitrogen and oxygen atoms in total. The fraction of sp³-hybridized carbons (Fsp3) is 0.167. The van der Waals surface area contributed by atoms with Gasteiger partial charge in [-0.1, -0.05) is 6.07 Å². The van der Waals surface area contributed by atoms with E-state index >= 15 is 0 Å². The predicted molar refractivity (Wildman–Crippen MR) is 93.4 cm³/mol. The van der Waals surface area contributed by atoms with E-state index < -0.39 is 5.82 Å². The van der Waals surface area contributed by atoms with Crippen LogP contribution in [-0.4, -0.2) is 24.2 Å². The first-order valence-corrected chi connectivity index (χ1v) is 7.62. The average Bonchev–Trinajstić information content (AvgIpc) is 2.89. The Balaban J connectivity index is 1.82. The van der Waals surface area contributed by atoms with E-state index in [4.69, 9.17) is 5.11 Å². The van der Waals surface area contributed by atoms with E-state index in [0.717, 1.165) is 16.9 Å². The number of hydrogen-bond donors (Lipinski definition) is 4. The van der Waals surface area contributed by atoms with Crippen LogP contribution in [0.15, 0.2) is 42.6 Å². The lowest BCUT2D eigenvalue weighted by Gasteiger charge is -2.10. The number of aryl methyl sites for hydroxylation is 1. The lowest BCUT2D eigenvalue weighted by atomic mass is 10.1. The standard InChI is InChI=1S/C18H18FN3O2/c1-11-9-12(5-6-15(11)20-7-8-23)21-10-13-17-14(19)3-2-4-16(17)22-18(13)24/h2-6,9-10,20-21,23H,7-8H2,1H3,(H,22,24)/b13-10+. The van der Waals surface area contributed by atoms with Gasteiger partial charge in [-0.3, -0.25) is 4.79 Å². The van der Waals surface area contributed by atoms with Crippen molar-refractivity contribution >= 4 is 28.5 Å². The van der Waals surface area contributed by atoms with E-state index in [1.807, 2.05) is 25.1 Å². The van der Waals surface area contributed by atoms with Crippen LogP contribution in [0.2, 0.25) is 0 Å². The molecule has 0 saturated carbocycles. The fourth-order valence-corrected chi connectivity index (χ4v) is 2.64. The summed E-state index contributed by atoms with van der Waals surface area (Å²) in [7, 11) is 0. The van der Waals surface area contributed by atoms with Crippen LogP contribution in [-0.2, 0) is 4.79 Å². The van der Waals surface area contributed by atoms with Gasteiger partial charge in [-0.25, -0.2) is 4.39 Å². The first-order valence-electron chi connectivity index (χ1n) is 7.62. The molecule has 0 fully saturated rings. The first-order chi connectivity index (χ1) is 11.6. The molecule has 0 saturated heterocycles. The third-order valence-electron chi connectivity index (χ3n) is 3.81. The quantitative estimate of drug-likeness (QED) is 0.637. The number of halogens is 1. The molecule has 1 heterocycles. The Morgan fingerprint density at radius 1 is 1.29 bits per heavy atom. The summed E-state index contributed by atoms with van der Waals surface area (Å²) in [5.74, 6) is -0.765. The van der Waals surface area contributed by atoms with Crippen molar-refractivity contribution < 1.29 is 14.3 Å². The molecule has 0 radical (unpaired) electrons. The van der Waals surface area contributed by atoms with Gasteiger partial charge in [0.15, 0.2) is 0 Å². The van der Waals surface area contributed by atoms with Gasteiger partial charge in [-0.15, -0.1) is 0 Å². The van der Waals surface area contributed by atoms with Crippen LogP contribution in [0.5, 0.6) is 0 Å². The van der Waals surface area contributed by atoms with Crippen LogP contribution in [0, 0.1) is 12.7 Å². The monoisotopic (exact) mass is 327 g/mol. The number of hydrogen-bond acceptors (Lipinski definition) is 4. The molecule has 2 aromatic rings.